The van der Waals surface area contributed by atoms with Crippen LogP contribution in [0.3, 0.4) is 0 Å². The van der Waals surface area contributed by atoms with Crippen LogP contribution in [0.5, 0.6) is 0 Å². The Bertz CT molecular complexity index is 877. The number of nitrogens with two attached hydrogens (primary N) is 1. The van der Waals surface area contributed by atoms with Gasteiger partial charge in [-0.1, -0.05) is 71.9 Å². The summed E-state index contributed by atoms with van der Waals surface area (Å²) in [6.07, 6.45) is 0. The van der Waals surface area contributed by atoms with Crippen LogP contribution in [0.25, 0.3) is 11.4 Å². The molecule has 3 rings (SSSR count). The predicted molar refractivity (Wildman–Crippen MR) is 104 cm³/mol. The Balaban J connectivity index is 1.63. The summed E-state index contributed by atoms with van der Waals surface area (Å²) < 4.78 is 1.43. The number of nitrogen functional groups attached to an aromatic ring is 1. The number of aryl methyl sites for hydroxylation is 1. The van der Waals surface area contributed by atoms with Gasteiger partial charge in [0.2, 0.25) is 11.1 Å². The highest BCUT2D eigenvalue weighted by atomic mass is 32.2. The van der Waals surface area contributed by atoms with Gasteiger partial charge in [-0.2, -0.15) is 0 Å². The van der Waals surface area contributed by atoms with Crippen molar-refractivity contribution in [2.24, 2.45) is 0 Å². The minimum Gasteiger partial charge on any atom is -0.351 e. The van der Waals surface area contributed by atoms with Crippen molar-refractivity contribution in [3.63, 3.8) is 0 Å². The summed E-state index contributed by atoms with van der Waals surface area (Å²) in [7, 11) is 0. The summed E-state index contributed by atoms with van der Waals surface area (Å²) in [6.45, 7) is 4.34. The van der Waals surface area contributed by atoms with Gasteiger partial charge in [0.1, 0.15) is 0 Å². The number of rotatable bonds is 6. The number of hydrogen-bond acceptors (Lipinski definition) is 5. The molecule has 0 saturated carbocycles. The van der Waals surface area contributed by atoms with Crippen LogP contribution in [-0.2, 0) is 11.3 Å². The Labute approximate surface area is 156 Å². The van der Waals surface area contributed by atoms with Crippen molar-refractivity contribution >= 4 is 17.7 Å². The molecule has 134 valence electrons. The molecule has 0 aliphatic heterocycles. The van der Waals surface area contributed by atoms with Crippen LogP contribution in [0.1, 0.15) is 18.1 Å². The second-order valence-electron chi connectivity index (χ2n) is 6.01. The summed E-state index contributed by atoms with van der Waals surface area (Å²) in [4.78, 5) is 12.3. The second-order valence-corrected chi connectivity index (χ2v) is 7.31. The Hall–Kier alpha value is -2.80. The lowest BCUT2D eigenvalue weighted by molar-refractivity contribution is -0.120. The van der Waals surface area contributed by atoms with E-state index in [0.717, 1.165) is 16.7 Å². The van der Waals surface area contributed by atoms with Gasteiger partial charge < -0.3 is 11.2 Å². The first-order chi connectivity index (χ1) is 12.5. The van der Waals surface area contributed by atoms with E-state index in [1.54, 1.807) is 0 Å². The number of carbonyl (C=O) groups is 1. The number of hydrogen-bond donors (Lipinski definition) is 2. The first-order valence-corrected chi connectivity index (χ1v) is 9.18. The molecule has 1 aromatic heterocycles. The third-order valence-electron chi connectivity index (χ3n) is 3.94. The summed E-state index contributed by atoms with van der Waals surface area (Å²) in [5.41, 5.74) is 3.11. The number of aromatic nitrogens is 3. The van der Waals surface area contributed by atoms with E-state index < -0.39 is 0 Å². The molecule has 0 saturated heterocycles. The molecule has 0 aliphatic carbocycles. The van der Waals surface area contributed by atoms with Crippen LogP contribution in [0.4, 0.5) is 0 Å². The zero-order chi connectivity index (χ0) is 18.5. The molecule has 1 heterocycles. The molecule has 2 aromatic carbocycles. The minimum absolute atomic E-state index is 0.0706. The van der Waals surface area contributed by atoms with E-state index in [1.807, 2.05) is 68.4 Å². The predicted octanol–water partition coefficient (Wildman–Crippen LogP) is 2.76. The molecule has 1 amide bonds. The van der Waals surface area contributed by atoms with E-state index in [-0.39, 0.29) is 11.2 Å². The van der Waals surface area contributed by atoms with E-state index >= 15 is 0 Å². The summed E-state index contributed by atoms with van der Waals surface area (Å²) in [5, 5.41) is 11.4. The zero-order valence-corrected chi connectivity index (χ0v) is 15.5. The van der Waals surface area contributed by atoms with Crippen molar-refractivity contribution < 1.29 is 4.79 Å². The van der Waals surface area contributed by atoms with E-state index in [2.05, 4.69) is 15.5 Å². The molecule has 6 nitrogen and oxygen atoms in total. The number of nitrogens with zero attached hydrogens (tertiary/aromatic N) is 3. The van der Waals surface area contributed by atoms with E-state index in [0.29, 0.717) is 17.5 Å². The third-order valence-corrected chi connectivity index (χ3v) is 4.99. The molecule has 3 aromatic rings. The second kappa shape index (κ2) is 8.05. The molecule has 0 spiro atoms. The number of carbonyl (C=O) groups excluding carboxylic acids is 1. The summed E-state index contributed by atoms with van der Waals surface area (Å²) in [5.74, 6) is 6.63. The largest absolute Gasteiger partial charge is 0.351 e. The van der Waals surface area contributed by atoms with E-state index in [4.69, 9.17) is 5.84 Å². The fourth-order valence-corrected chi connectivity index (χ4v) is 3.19. The van der Waals surface area contributed by atoms with Crippen molar-refractivity contribution in [1.82, 2.24) is 20.2 Å². The Kier molecular flexibility index (Phi) is 5.58. The molecule has 7 heteroatoms. The lowest BCUT2D eigenvalue weighted by Crippen LogP contribution is -2.30. The lowest BCUT2D eigenvalue weighted by atomic mass is 10.1. The third kappa shape index (κ3) is 4.23. The van der Waals surface area contributed by atoms with Gasteiger partial charge >= 0.3 is 0 Å². The monoisotopic (exact) mass is 367 g/mol. The average Bonchev–Trinajstić information content (AvgIpc) is 3.01. The van der Waals surface area contributed by atoms with Crippen LogP contribution in [0.2, 0.25) is 0 Å². The van der Waals surface area contributed by atoms with Gasteiger partial charge in [0.25, 0.3) is 0 Å². The van der Waals surface area contributed by atoms with Crippen LogP contribution >= 0.6 is 11.8 Å². The Morgan fingerprint density at radius 3 is 2.54 bits per heavy atom. The highest BCUT2D eigenvalue weighted by molar-refractivity contribution is 8.00. The topological polar surface area (TPSA) is 85.8 Å². The van der Waals surface area contributed by atoms with Crippen molar-refractivity contribution in [2.45, 2.75) is 30.8 Å². The highest BCUT2D eigenvalue weighted by Gasteiger charge is 2.19. The van der Waals surface area contributed by atoms with Crippen molar-refractivity contribution in [2.75, 3.05) is 5.84 Å². The number of nitrogens with one attached hydrogen (secondary N) is 1. The van der Waals surface area contributed by atoms with Crippen LogP contribution in [-0.4, -0.2) is 26.0 Å². The molecule has 0 aliphatic rings. The van der Waals surface area contributed by atoms with Gasteiger partial charge in [-0.05, 0) is 19.4 Å². The van der Waals surface area contributed by atoms with Crippen LogP contribution < -0.4 is 11.2 Å². The molecular formula is C19H21N5OS. The molecule has 0 unspecified atom stereocenters. The number of thioether (sulfide) groups is 1. The minimum atomic E-state index is -0.337. The van der Waals surface area contributed by atoms with Crippen molar-refractivity contribution in [3.05, 3.63) is 65.7 Å². The SMILES string of the molecule is Cc1ccc(-c2nnc(S[C@@H](C)C(=O)NCc3ccccc3)n2N)cc1. The summed E-state index contributed by atoms with van der Waals surface area (Å²) in [6, 6.07) is 17.7. The zero-order valence-electron chi connectivity index (χ0n) is 14.7. The molecule has 3 N–H and O–H groups in total. The van der Waals surface area contributed by atoms with Gasteiger partial charge in [-0.25, -0.2) is 4.68 Å². The van der Waals surface area contributed by atoms with Gasteiger partial charge in [-0.15, -0.1) is 10.2 Å². The summed E-state index contributed by atoms with van der Waals surface area (Å²) >= 11 is 1.28. The standard InChI is InChI=1S/C19H21N5OS/c1-13-8-10-16(11-9-13)17-22-23-19(24(17)20)26-14(2)18(25)21-12-15-6-4-3-5-7-15/h3-11,14H,12,20H2,1-2H3,(H,21,25)/t14-/m0/s1. The van der Waals surface area contributed by atoms with E-state index in [1.165, 1.54) is 16.4 Å². The molecule has 0 fully saturated rings. The number of amides is 1. The molecular weight excluding hydrogens is 346 g/mol. The van der Waals surface area contributed by atoms with Crippen molar-refractivity contribution in [1.29, 1.82) is 0 Å². The molecule has 1 atom stereocenters. The molecule has 0 bridgehead atoms. The van der Waals surface area contributed by atoms with Gasteiger partial charge in [-0.3, -0.25) is 4.79 Å². The molecule has 26 heavy (non-hydrogen) atoms. The first-order valence-electron chi connectivity index (χ1n) is 8.30. The average molecular weight is 367 g/mol. The Morgan fingerprint density at radius 1 is 1.15 bits per heavy atom. The van der Waals surface area contributed by atoms with Gasteiger partial charge in [0.05, 0.1) is 5.25 Å². The number of benzene rings is 2. The van der Waals surface area contributed by atoms with Crippen molar-refractivity contribution in [3.8, 4) is 11.4 Å². The first kappa shape index (κ1) is 18.0. The van der Waals surface area contributed by atoms with Crippen LogP contribution in [0, 0.1) is 6.92 Å². The normalized spacial score (nSPS) is 11.9. The maximum absolute atomic E-state index is 12.3. The van der Waals surface area contributed by atoms with Gasteiger partial charge in [0, 0.05) is 12.1 Å². The van der Waals surface area contributed by atoms with E-state index in [9.17, 15) is 4.79 Å². The maximum Gasteiger partial charge on any atom is 0.233 e. The maximum atomic E-state index is 12.3. The lowest BCUT2D eigenvalue weighted by Gasteiger charge is -2.11. The smallest absolute Gasteiger partial charge is 0.233 e. The Morgan fingerprint density at radius 2 is 1.85 bits per heavy atom. The molecule has 0 radical (unpaired) electrons. The van der Waals surface area contributed by atoms with Crippen LogP contribution in [0.15, 0.2) is 59.8 Å². The highest BCUT2D eigenvalue weighted by Crippen LogP contribution is 2.25. The quantitative estimate of drug-likeness (QED) is 0.517. The fraction of sp³-hybridized carbons (Fsp3) is 0.211. The fourth-order valence-electron chi connectivity index (χ4n) is 2.40. The van der Waals surface area contributed by atoms with Gasteiger partial charge in [0.15, 0.2) is 5.82 Å².